The van der Waals surface area contributed by atoms with Crippen LogP contribution in [0.25, 0.3) is 4.91 Å². The Bertz CT molecular complexity index is 988. The Morgan fingerprint density at radius 1 is 0.741 bits per heavy atom. The summed E-state index contributed by atoms with van der Waals surface area (Å²) in [6, 6.07) is 31.5. The summed E-state index contributed by atoms with van der Waals surface area (Å²) in [4.78, 5) is 3.62. The van der Waals surface area contributed by atoms with Crippen molar-refractivity contribution in [3.05, 3.63) is 123 Å². The van der Waals surface area contributed by atoms with Gasteiger partial charge in [0.25, 0.3) is 0 Å². The predicted octanol–water partition coefficient (Wildman–Crippen LogP) is 7.34. The molecule has 1 heterocycles. The molecule has 27 heavy (non-hydrogen) atoms. The molecule has 0 nitrogen and oxygen atoms in total. The average molecular weight is 403 g/mol. The van der Waals surface area contributed by atoms with Crippen LogP contribution in [0.1, 0.15) is 16.7 Å². The van der Waals surface area contributed by atoms with Gasteiger partial charge in [0.1, 0.15) is 0 Å². The van der Waals surface area contributed by atoms with E-state index in [1.54, 1.807) is 0 Å². The van der Waals surface area contributed by atoms with E-state index in [4.69, 9.17) is 12.2 Å². The number of allylic oxidation sites excluding steroid dienone is 2. The maximum absolute atomic E-state index is 5.66. The minimum atomic E-state index is 0.888. The van der Waals surface area contributed by atoms with Crippen molar-refractivity contribution < 1.29 is 0 Å². The molecule has 0 saturated heterocycles. The van der Waals surface area contributed by atoms with Gasteiger partial charge in [-0.1, -0.05) is 127 Å². The van der Waals surface area contributed by atoms with Crippen LogP contribution in [0.3, 0.4) is 0 Å². The largest absolute Gasteiger partial charge is 0.0856 e. The number of hydrogen-bond donors (Lipinski definition) is 0. The number of hydrogen-bond acceptors (Lipinski definition) is 3. The Balaban J connectivity index is 1.63. The first-order chi connectivity index (χ1) is 13.3. The van der Waals surface area contributed by atoms with Crippen LogP contribution in [0, 0.1) is 0 Å². The summed E-state index contributed by atoms with van der Waals surface area (Å²) < 4.78 is 1.24. The summed E-state index contributed by atoms with van der Waals surface area (Å²) in [5, 5.41) is 0. The Morgan fingerprint density at radius 2 is 1.33 bits per heavy atom. The van der Waals surface area contributed by atoms with Gasteiger partial charge in [-0.3, -0.25) is 0 Å². The van der Waals surface area contributed by atoms with Crippen molar-refractivity contribution in [2.24, 2.45) is 0 Å². The van der Waals surface area contributed by atoms with E-state index in [1.165, 1.54) is 25.2 Å². The quantitative estimate of drug-likeness (QED) is 0.249. The molecule has 0 atom stereocenters. The van der Waals surface area contributed by atoms with E-state index in [9.17, 15) is 0 Å². The Kier molecular flexibility index (Phi) is 5.93. The van der Waals surface area contributed by atoms with E-state index >= 15 is 0 Å². The maximum atomic E-state index is 5.66. The zero-order valence-electron chi connectivity index (χ0n) is 14.7. The first-order valence-electron chi connectivity index (χ1n) is 8.79. The monoisotopic (exact) mass is 402 g/mol. The first-order valence-corrected chi connectivity index (χ1v) is 10.8. The van der Waals surface area contributed by atoms with Gasteiger partial charge >= 0.3 is 0 Å². The van der Waals surface area contributed by atoms with Gasteiger partial charge < -0.3 is 0 Å². The molecule has 1 aliphatic rings. The second-order valence-electron chi connectivity index (χ2n) is 6.18. The molecule has 0 aliphatic carbocycles. The topological polar surface area (TPSA) is 0 Å². The minimum absolute atomic E-state index is 0.888. The van der Waals surface area contributed by atoms with Crippen molar-refractivity contribution in [1.82, 2.24) is 0 Å². The van der Waals surface area contributed by atoms with E-state index in [-0.39, 0.29) is 0 Å². The van der Waals surface area contributed by atoms with Crippen molar-refractivity contribution >= 4 is 45.5 Å². The Morgan fingerprint density at radius 3 is 2.00 bits per heavy atom. The van der Waals surface area contributed by atoms with Gasteiger partial charge in [0, 0.05) is 21.1 Å². The smallest absolute Gasteiger partial charge is 0.0511 e. The second kappa shape index (κ2) is 8.75. The molecule has 3 aromatic rings. The van der Waals surface area contributed by atoms with E-state index < -0.39 is 0 Å². The van der Waals surface area contributed by atoms with Crippen LogP contribution < -0.4 is 0 Å². The average Bonchev–Trinajstić information content (AvgIpc) is 3.12. The highest BCUT2D eigenvalue weighted by Crippen LogP contribution is 2.54. The molecule has 0 spiro atoms. The summed E-state index contributed by atoms with van der Waals surface area (Å²) in [6.07, 6.45) is 3.08. The summed E-state index contributed by atoms with van der Waals surface area (Å²) >= 11 is 9.34. The Hall–Kier alpha value is -2.07. The lowest BCUT2D eigenvalue weighted by Gasteiger charge is -2.05. The molecular weight excluding hydrogens is 384 g/mol. The fourth-order valence-electron chi connectivity index (χ4n) is 2.90. The first kappa shape index (κ1) is 18.3. The van der Waals surface area contributed by atoms with Crippen molar-refractivity contribution in [1.29, 1.82) is 0 Å². The number of rotatable bonds is 5. The SMILES string of the molecule is S=C(C=C1SC(Cc2ccccc2)=C(c2ccccc2)S1)c1ccccc1. The lowest BCUT2D eigenvalue weighted by atomic mass is 10.1. The fraction of sp³-hybridized carbons (Fsp3) is 0.0417. The van der Waals surface area contributed by atoms with Gasteiger partial charge in [0.15, 0.2) is 0 Å². The van der Waals surface area contributed by atoms with Gasteiger partial charge in [-0.15, -0.1) is 0 Å². The lowest BCUT2D eigenvalue weighted by Crippen LogP contribution is -1.91. The zero-order valence-corrected chi connectivity index (χ0v) is 17.1. The van der Waals surface area contributed by atoms with Gasteiger partial charge in [-0.25, -0.2) is 0 Å². The fourth-order valence-corrected chi connectivity index (χ4v) is 5.96. The standard InChI is InChI=1S/C24H18S3/c25-21(19-12-6-2-7-13-19)17-23-26-22(16-18-10-4-1-5-11-18)24(27-23)20-14-8-3-9-15-20/h1-15,17H,16H2. The number of thioether (sulfide) groups is 2. The van der Waals surface area contributed by atoms with Crippen LogP contribution in [0.2, 0.25) is 0 Å². The van der Waals surface area contributed by atoms with Crippen LogP contribution in [-0.4, -0.2) is 4.86 Å². The number of thiocarbonyl (C=S) groups is 1. The van der Waals surface area contributed by atoms with Crippen LogP contribution in [0.15, 0.2) is 106 Å². The van der Waals surface area contributed by atoms with E-state index in [0.29, 0.717) is 0 Å². The Labute approximate surface area is 174 Å². The molecule has 132 valence electrons. The number of benzene rings is 3. The maximum Gasteiger partial charge on any atom is 0.0511 e. The molecule has 0 N–H and O–H groups in total. The molecule has 0 unspecified atom stereocenters. The van der Waals surface area contributed by atoms with Crippen molar-refractivity contribution in [3.8, 4) is 0 Å². The van der Waals surface area contributed by atoms with E-state index in [2.05, 4.69) is 78.9 Å². The van der Waals surface area contributed by atoms with Gasteiger partial charge in [0.05, 0.1) is 4.24 Å². The van der Waals surface area contributed by atoms with Gasteiger partial charge in [-0.2, -0.15) is 0 Å². The molecule has 0 bridgehead atoms. The highest BCUT2D eigenvalue weighted by atomic mass is 32.2. The molecule has 0 saturated carbocycles. The molecule has 0 radical (unpaired) electrons. The van der Waals surface area contributed by atoms with Crippen molar-refractivity contribution in [3.63, 3.8) is 0 Å². The van der Waals surface area contributed by atoms with Crippen LogP contribution >= 0.6 is 35.7 Å². The minimum Gasteiger partial charge on any atom is -0.0856 e. The molecule has 3 heteroatoms. The summed E-state index contributed by atoms with van der Waals surface area (Å²) in [6.45, 7) is 0. The highest BCUT2D eigenvalue weighted by Gasteiger charge is 2.22. The predicted molar refractivity (Wildman–Crippen MR) is 125 cm³/mol. The molecule has 0 amide bonds. The van der Waals surface area contributed by atoms with Crippen molar-refractivity contribution in [2.45, 2.75) is 6.42 Å². The molecule has 1 aliphatic heterocycles. The molecule has 0 fully saturated rings. The third-order valence-corrected chi connectivity index (χ3v) is 7.13. The summed E-state index contributed by atoms with van der Waals surface area (Å²) in [7, 11) is 0. The summed E-state index contributed by atoms with van der Waals surface area (Å²) in [5.41, 5.74) is 3.70. The second-order valence-corrected chi connectivity index (χ2v) is 9.07. The van der Waals surface area contributed by atoms with Crippen molar-refractivity contribution in [2.75, 3.05) is 0 Å². The van der Waals surface area contributed by atoms with E-state index in [0.717, 1.165) is 16.8 Å². The van der Waals surface area contributed by atoms with Crippen LogP contribution in [0.4, 0.5) is 0 Å². The van der Waals surface area contributed by atoms with Crippen LogP contribution in [-0.2, 0) is 6.42 Å². The van der Waals surface area contributed by atoms with Gasteiger partial charge in [-0.05, 0) is 22.8 Å². The van der Waals surface area contributed by atoms with E-state index in [1.807, 2.05) is 41.7 Å². The third kappa shape index (κ3) is 4.62. The molecule has 0 aromatic heterocycles. The highest BCUT2D eigenvalue weighted by molar-refractivity contribution is 8.31. The lowest BCUT2D eigenvalue weighted by molar-refractivity contribution is 1.26. The normalized spacial score (nSPS) is 15.3. The molecular formula is C24H18S3. The van der Waals surface area contributed by atoms with Crippen LogP contribution in [0.5, 0.6) is 0 Å². The summed E-state index contributed by atoms with van der Waals surface area (Å²) in [5.74, 6) is 0. The molecule has 3 aromatic carbocycles. The van der Waals surface area contributed by atoms with Gasteiger partial charge in [0.2, 0.25) is 0 Å². The third-order valence-electron chi connectivity index (χ3n) is 4.23. The zero-order chi connectivity index (χ0) is 18.5. The molecule has 4 rings (SSSR count).